The van der Waals surface area contributed by atoms with Gasteiger partial charge in [-0.3, -0.25) is 10.1 Å². The Kier molecular flexibility index (Phi) is 16.4. The normalized spacial score (nSPS) is 22.9. The Labute approximate surface area is 366 Å². The fourth-order valence-electron chi connectivity index (χ4n) is 8.96. The number of non-ortho nitro benzene ring substituents is 1. The first kappa shape index (κ1) is 46.0. The third-order valence-electron chi connectivity index (χ3n) is 11.7. The highest BCUT2D eigenvalue weighted by Gasteiger charge is 2.65. The molecule has 6 atom stereocenters. The van der Waals surface area contributed by atoms with E-state index in [-0.39, 0.29) is 75.3 Å². The van der Waals surface area contributed by atoms with Gasteiger partial charge in [0.15, 0.2) is 0 Å². The number of nitro benzene ring substituents is 1. The number of alkyl halides is 1. The van der Waals surface area contributed by atoms with E-state index in [9.17, 15) is 29.9 Å². The van der Waals surface area contributed by atoms with E-state index in [0.29, 0.717) is 48.5 Å². The summed E-state index contributed by atoms with van der Waals surface area (Å²) in [6.07, 6.45) is 6.75. The lowest BCUT2D eigenvalue weighted by atomic mass is 9.55. The SMILES string of the molecule is C=CCO[C@@]12Oc3ccc(OC(=O)NCc4ccccc4)cc3[C@H]3[C@H](CCCCO)[C@@H](CCCCO)C=C(C(=NOCc4ccc([N+](=O)[O-])cc4)C[C@@H]1N(C)C(=O)OCCCl)[C@H]32. The van der Waals surface area contributed by atoms with Gasteiger partial charge < -0.3 is 44.2 Å². The number of ether oxygens (including phenoxy) is 4. The van der Waals surface area contributed by atoms with Crippen molar-refractivity contribution in [2.75, 3.05) is 39.4 Å². The average molecular weight is 875 g/mol. The quantitative estimate of drug-likeness (QED) is 0.0309. The lowest BCUT2D eigenvalue weighted by Crippen LogP contribution is -2.69. The number of carbonyl (C=O) groups excluding carboxylic acids is 2. The smallest absolute Gasteiger partial charge is 0.412 e. The maximum Gasteiger partial charge on any atom is 0.412 e. The van der Waals surface area contributed by atoms with Crippen LogP contribution in [0.2, 0.25) is 0 Å². The van der Waals surface area contributed by atoms with Crippen molar-refractivity contribution >= 4 is 35.2 Å². The zero-order valence-electron chi connectivity index (χ0n) is 34.9. The van der Waals surface area contributed by atoms with E-state index in [2.05, 4.69) is 18.0 Å². The Morgan fingerprint density at radius 1 is 1.05 bits per heavy atom. The minimum atomic E-state index is -1.52. The summed E-state index contributed by atoms with van der Waals surface area (Å²) in [4.78, 5) is 45.3. The molecule has 0 bridgehead atoms. The van der Waals surface area contributed by atoms with Crippen LogP contribution in [0.1, 0.15) is 67.6 Å². The van der Waals surface area contributed by atoms with Gasteiger partial charge in [-0.2, -0.15) is 0 Å². The lowest BCUT2D eigenvalue weighted by Gasteiger charge is -2.59. The van der Waals surface area contributed by atoms with Gasteiger partial charge in [0.05, 0.1) is 29.0 Å². The van der Waals surface area contributed by atoms with Crippen LogP contribution in [0, 0.1) is 27.9 Å². The maximum atomic E-state index is 13.8. The molecule has 0 aromatic heterocycles. The van der Waals surface area contributed by atoms with Crippen molar-refractivity contribution in [2.24, 2.45) is 22.9 Å². The second-order valence-corrected chi connectivity index (χ2v) is 16.0. The first-order chi connectivity index (χ1) is 30.1. The summed E-state index contributed by atoms with van der Waals surface area (Å²) in [6.45, 7) is 4.33. The van der Waals surface area contributed by atoms with Crippen LogP contribution in [-0.4, -0.2) is 89.1 Å². The Morgan fingerprint density at radius 3 is 2.48 bits per heavy atom. The highest BCUT2D eigenvalue weighted by atomic mass is 35.5. The van der Waals surface area contributed by atoms with E-state index in [1.54, 1.807) is 37.4 Å². The van der Waals surface area contributed by atoms with E-state index in [1.807, 2.05) is 36.4 Å². The number of amides is 2. The van der Waals surface area contributed by atoms with Gasteiger partial charge in [-0.05, 0) is 84.6 Å². The van der Waals surface area contributed by atoms with Gasteiger partial charge in [0.1, 0.15) is 30.8 Å². The number of aliphatic hydroxyl groups is 2. The predicted octanol–water partition coefficient (Wildman–Crippen LogP) is 8.02. The van der Waals surface area contributed by atoms with Gasteiger partial charge in [-0.1, -0.05) is 60.5 Å². The lowest BCUT2D eigenvalue weighted by molar-refractivity contribution is -0.384. The van der Waals surface area contributed by atoms with Crippen molar-refractivity contribution in [3.8, 4) is 11.5 Å². The fourth-order valence-corrected chi connectivity index (χ4v) is 9.04. The zero-order chi connectivity index (χ0) is 44.1. The van der Waals surface area contributed by atoms with Crippen LogP contribution in [0.4, 0.5) is 15.3 Å². The first-order valence-corrected chi connectivity index (χ1v) is 21.6. The number of oxime groups is 1. The maximum absolute atomic E-state index is 13.8. The molecule has 0 radical (unpaired) electrons. The number of fused-ring (bicyclic) bond motifs is 2. The van der Waals surface area contributed by atoms with Gasteiger partial charge >= 0.3 is 12.2 Å². The van der Waals surface area contributed by atoms with E-state index in [1.165, 1.54) is 17.0 Å². The second kappa shape index (κ2) is 22.0. The van der Waals surface area contributed by atoms with E-state index < -0.39 is 34.9 Å². The molecule has 1 aliphatic heterocycles. The average Bonchev–Trinajstić information content (AvgIpc) is 3.28. The van der Waals surface area contributed by atoms with E-state index in [0.717, 1.165) is 29.5 Å². The van der Waals surface area contributed by atoms with Gasteiger partial charge in [-0.15, -0.1) is 18.2 Å². The summed E-state index contributed by atoms with van der Waals surface area (Å²) in [5.74, 6) is -1.74. The van der Waals surface area contributed by atoms with Crippen molar-refractivity contribution in [2.45, 2.75) is 75.8 Å². The van der Waals surface area contributed by atoms with Gasteiger partial charge in [0.25, 0.3) is 5.69 Å². The topological polar surface area (TPSA) is 192 Å². The molecule has 332 valence electrons. The van der Waals surface area contributed by atoms with E-state index in [4.69, 9.17) is 40.5 Å². The molecule has 2 aliphatic carbocycles. The number of likely N-dealkylation sites (N-methyl/N-ethyl adjacent to an activating group) is 1. The number of nitro groups is 1. The number of halogens is 1. The predicted molar refractivity (Wildman–Crippen MR) is 232 cm³/mol. The number of unbranched alkanes of at least 4 members (excludes halogenated alkanes) is 2. The highest BCUT2D eigenvalue weighted by molar-refractivity contribution is 6.18. The van der Waals surface area contributed by atoms with Gasteiger partial charge in [-0.25, -0.2) is 9.59 Å². The minimum Gasteiger partial charge on any atom is -0.459 e. The van der Waals surface area contributed by atoms with Crippen molar-refractivity contribution in [1.82, 2.24) is 10.2 Å². The molecule has 0 saturated heterocycles. The molecule has 1 fully saturated rings. The summed E-state index contributed by atoms with van der Waals surface area (Å²) in [5, 5.41) is 38.6. The van der Waals surface area contributed by atoms with Crippen molar-refractivity contribution < 1.29 is 48.5 Å². The number of allylic oxidation sites excluding steroid dienone is 1. The number of rotatable bonds is 21. The molecular weight excluding hydrogens is 820 g/mol. The standard InChI is InChI=1S/C46H55ClN4O11/c1-3-24-59-46-41(50(2)45(55)58-25-21-47)28-39(49-60-30-32-15-17-34(18-16-32)51(56)57)37-26-33(13-7-9-22-52)36(14-8-10-23-53)42(43(37)46)38-27-35(19-20-40(38)62-46)61-44(54)48-29-31-11-5-4-6-12-31/h3-6,11-12,15-20,26-27,33,36,41-43,52-53H,1,7-10,13-14,21-25,28-30H2,2H3,(H,48,54)/t33-,36+,41-,42+,43+,46+/m0/s1. The van der Waals surface area contributed by atoms with Gasteiger partial charge in [0.2, 0.25) is 5.79 Å². The number of carbonyl (C=O) groups is 2. The molecular formula is C46H55ClN4O11. The van der Waals surface area contributed by atoms with Crippen LogP contribution >= 0.6 is 11.6 Å². The zero-order valence-corrected chi connectivity index (χ0v) is 35.6. The molecule has 0 unspecified atom stereocenters. The largest absolute Gasteiger partial charge is 0.459 e. The highest BCUT2D eigenvalue weighted by Crippen LogP contribution is 2.61. The molecule has 6 rings (SSSR count). The summed E-state index contributed by atoms with van der Waals surface area (Å²) >= 11 is 5.94. The number of nitrogens with one attached hydrogen (secondary N) is 1. The van der Waals surface area contributed by atoms with Crippen molar-refractivity contribution in [1.29, 1.82) is 0 Å². The number of aliphatic hydroxyl groups excluding tert-OH is 2. The minimum absolute atomic E-state index is 0.00925. The third-order valence-corrected chi connectivity index (χ3v) is 11.9. The molecule has 0 spiro atoms. The fraction of sp³-hybridized carbons (Fsp3) is 0.457. The monoisotopic (exact) mass is 874 g/mol. The summed E-state index contributed by atoms with van der Waals surface area (Å²) < 4.78 is 25.4. The van der Waals surface area contributed by atoms with Crippen LogP contribution < -0.4 is 14.8 Å². The van der Waals surface area contributed by atoms with Gasteiger partial charge in [0, 0.05) is 56.8 Å². The van der Waals surface area contributed by atoms with Crippen LogP contribution in [0.15, 0.2) is 102 Å². The van der Waals surface area contributed by atoms with Crippen LogP contribution in [0.5, 0.6) is 11.5 Å². The first-order valence-electron chi connectivity index (χ1n) is 21.0. The van der Waals surface area contributed by atoms with Crippen LogP contribution in [-0.2, 0) is 27.5 Å². The summed E-state index contributed by atoms with van der Waals surface area (Å²) in [6, 6.07) is 19.9. The number of hydrogen-bond acceptors (Lipinski definition) is 12. The molecule has 2 amide bonds. The Morgan fingerprint density at radius 2 is 1.79 bits per heavy atom. The number of benzene rings is 3. The van der Waals surface area contributed by atoms with E-state index >= 15 is 0 Å². The van der Waals surface area contributed by atoms with Crippen molar-refractivity contribution in [3.63, 3.8) is 0 Å². The Balaban J connectivity index is 1.48. The van der Waals surface area contributed by atoms with Crippen LogP contribution in [0.25, 0.3) is 0 Å². The van der Waals surface area contributed by atoms with Crippen molar-refractivity contribution in [3.05, 3.63) is 124 Å². The molecule has 3 aliphatic rings. The number of nitrogens with zero attached hydrogens (tertiary/aromatic N) is 3. The number of hydrogen-bond donors (Lipinski definition) is 3. The second-order valence-electron chi connectivity index (χ2n) is 15.6. The molecule has 3 aromatic rings. The molecule has 15 nitrogen and oxygen atoms in total. The molecule has 16 heteroatoms. The molecule has 62 heavy (non-hydrogen) atoms. The Hall–Kier alpha value is -5.48. The molecule has 3 N–H and O–H groups in total. The van der Waals surface area contributed by atoms with Crippen LogP contribution in [0.3, 0.4) is 0 Å². The summed E-state index contributed by atoms with van der Waals surface area (Å²) in [7, 11) is 1.61. The summed E-state index contributed by atoms with van der Waals surface area (Å²) in [5.41, 5.74) is 3.64. The third kappa shape index (κ3) is 10.8. The molecule has 1 heterocycles. The Bertz CT molecular complexity index is 2070. The molecule has 3 aromatic carbocycles. The molecule has 1 saturated carbocycles.